The summed E-state index contributed by atoms with van der Waals surface area (Å²) in [5.41, 5.74) is 0. The van der Waals surface area contributed by atoms with Crippen molar-refractivity contribution in [2.75, 3.05) is 19.8 Å². The molecule has 0 aliphatic carbocycles. The van der Waals surface area contributed by atoms with Gasteiger partial charge in [0.1, 0.15) is 0 Å². The minimum atomic E-state index is -0.424. The normalized spacial score (nSPS) is 13.3. The smallest absolute Gasteiger partial charge is 0.0897 e. The van der Waals surface area contributed by atoms with Crippen molar-refractivity contribution in [3.05, 3.63) is 12.7 Å². The average molecular weight is 173 g/mol. The van der Waals surface area contributed by atoms with E-state index in [2.05, 4.69) is 11.9 Å². The van der Waals surface area contributed by atoms with E-state index in [9.17, 15) is 5.11 Å². The number of ether oxygens (including phenoxy) is 1. The van der Waals surface area contributed by atoms with E-state index in [0.717, 1.165) is 0 Å². The Labute approximate surface area is 74.4 Å². The van der Waals surface area contributed by atoms with E-state index in [0.29, 0.717) is 25.8 Å². The van der Waals surface area contributed by atoms with Gasteiger partial charge in [0.15, 0.2) is 0 Å². The maximum absolute atomic E-state index is 9.30. The predicted octanol–water partition coefficient (Wildman–Crippen LogP) is 0.548. The van der Waals surface area contributed by atoms with E-state index in [1.165, 1.54) is 0 Å². The Morgan fingerprint density at radius 2 is 2.25 bits per heavy atom. The van der Waals surface area contributed by atoms with Crippen LogP contribution in [0.3, 0.4) is 0 Å². The minimum Gasteiger partial charge on any atom is -0.389 e. The quantitative estimate of drug-likeness (QED) is 0.436. The summed E-state index contributed by atoms with van der Waals surface area (Å²) in [6.45, 7) is 9.03. The Hall–Kier alpha value is -0.380. The number of hydrogen-bond donors (Lipinski definition) is 2. The molecule has 2 N–H and O–H groups in total. The molecule has 0 fully saturated rings. The highest BCUT2D eigenvalue weighted by Gasteiger charge is 2.03. The molecule has 0 aliphatic rings. The number of hydrogen-bond acceptors (Lipinski definition) is 3. The lowest BCUT2D eigenvalue weighted by Crippen LogP contribution is -2.34. The van der Waals surface area contributed by atoms with Crippen LogP contribution in [0.1, 0.15) is 13.8 Å². The van der Waals surface area contributed by atoms with Crippen molar-refractivity contribution >= 4 is 0 Å². The Morgan fingerprint density at radius 3 is 2.75 bits per heavy atom. The lowest BCUT2D eigenvalue weighted by molar-refractivity contribution is 0.0485. The van der Waals surface area contributed by atoms with Gasteiger partial charge >= 0.3 is 0 Å². The van der Waals surface area contributed by atoms with Gasteiger partial charge < -0.3 is 15.2 Å². The van der Waals surface area contributed by atoms with Crippen LogP contribution in [-0.4, -0.2) is 37.0 Å². The summed E-state index contributed by atoms with van der Waals surface area (Å²) in [6.07, 6.45) is 1.25. The number of rotatable bonds is 7. The molecule has 0 rings (SSSR count). The van der Waals surface area contributed by atoms with Crippen molar-refractivity contribution in [1.29, 1.82) is 0 Å². The second kappa shape index (κ2) is 7.28. The first-order valence-corrected chi connectivity index (χ1v) is 4.27. The molecule has 0 aromatic heterocycles. The number of aliphatic hydroxyl groups excluding tert-OH is 1. The molecule has 72 valence electrons. The molecule has 0 aromatic carbocycles. The highest BCUT2D eigenvalue weighted by atomic mass is 16.5. The van der Waals surface area contributed by atoms with Gasteiger partial charge in [0, 0.05) is 12.6 Å². The maximum atomic E-state index is 9.30. The zero-order valence-electron chi connectivity index (χ0n) is 7.92. The van der Waals surface area contributed by atoms with E-state index in [-0.39, 0.29) is 0 Å². The average Bonchev–Trinajstić information content (AvgIpc) is 2.01. The first-order chi connectivity index (χ1) is 5.66. The molecule has 0 aromatic rings. The Balaban J connectivity index is 3.21. The molecule has 0 saturated heterocycles. The third-order valence-electron chi connectivity index (χ3n) is 1.31. The largest absolute Gasteiger partial charge is 0.389 e. The summed E-state index contributed by atoms with van der Waals surface area (Å²) < 4.78 is 5.07. The SMILES string of the molecule is C=CCOCC(O)CNC(C)C. The fraction of sp³-hybridized carbons (Fsp3) is 0.778. The van der Waals surface area contributed by atoms with Gasteiger partial charge in [-0.1, -0.05) is 19.9 Å². The molecule has 0 radical (unpaired) electrons. The van der Waals surface area contributed by atoms with Gasteiger partial charge in [0.05, 0.1) is 19.3 Å². The molecule has 0 heterocycles. The van der Waals surface area contributed by atoms with Crippen molar-refractivity contribution in [1.82, 2.24) is 5.32 Å². The fourth-order valence-electron chi connectivity index (χ4n) is 0.718. The predicted molar refractivity (Wildman–Crippen MR) is 50.2 cm³/mol. The van der Waals surface area contributed by atoms with Crippen LogP contribution in [0.2, 0.25) is 0 Å². The van der Waals surface area contributed by atoms with Crippen molar-refractivity contribution in [2.24, 2.45) is 0 Å². The fourth-order valence-corrected chi connectivity index (χ4v) is 0.718. The summed E-state index contributed by atoms with van der Waals surface area (Å²) in [4.78, 5) is 0. The van der Waals surface area contributed by atoms with Crippen LogP contribution in [0, 0.1) is 0 Å². The highest BCUT2D eigenvalue weighted by molar-refractivity contribution is 4.66. The number of aliphatic hydroxyl groups is 1. The molecule has 0 aliphatic heterocycles. The van der Waals surface area contributed by atoms with Gasteiger partial charge in [-0.05, 0) is 0 Å². The Morgan fingerprint density at radius 1 is 1.58 bits per heavy atom. The molecule has 0 amide bonds. The van der Waals surface area contributed by atoms with Gasteiger partial charge in [-0.3, -0.25) is 0 Å². The standard InChI is InChI=1S/C9H19NO2/c1-4-5-12-7-9(11)6-10-8(2)3/h4,8-11H,1,5-7H2,2-3H3. The zero-order chi connectivity index (χ0) is 9.40. The number of nitrogens with one attached hydrogen (secondary N) is 1. The molecule has 0 bridgehead atoms. The minimum absolute atomic E-state index is 0.367. The van der Waals surface area contributed by atoms with Crippen molar-refractivity contribution in [3.8, 4) is 0 Å². The van der Waals surface area contributed by atoms with Crippen LogP contribution < -0.4 is 5.32 Å². The molecular weight excluding hydrogens is 154 g/mol. The van der Waals surface area contributed by atoms with Crippen molar-refractivity contribution in [3.63, 3.8) is 0 Å². The van der Waals surface area contributed by atoms with Crippen LogP contribution in [0.15, 0.2) is 12.7 Å². The monoisotopic (exact) mass is 173 g/mol. The molecule has 12 heavy (non-hydrogen) atoms. The third-order valence-corrected chi connectivity index (χ3v) is 1.31. The molecule has 0 spiro atoms. The van der Waals surface area contributed by atoms with Gasteiger partial charge in [0.25, 0.3) is 0 Å². The molecule has 3 nitrogen and oxygen atoms in total. The van der Waals surface area contributed by atoms with Crippen LogP contribution in [-0.2, 0) is 4.74 Å². The lowest BCUT2D eigenvalue weighted by atomic mass is 10.3. The lowest BCUT2D eigenvalue weighted by Gasteiger charge is -2.13. The topological polar surface area (TPSA) is 41.5 Å². The van der Waals surface area contributed by atoms with Gasteiger partial charge in [-0.25, -0.2) is 0 Å². The molecule has 1 atom stereocenters. The van der Waals surface area contributed by atoms with E-state index >= 15 is 0 Å². The summed E-state index contributed by atoms with van der Waals surface area (Å²) >= 11 is 0. The Bertz CT molecular complexity index is 115. The van der Waals surface area contributed by atoms with Crippen LogP contribution in [0.25, 0.3) is 0 Å². The molecule has 3 heteroatoms. The van der Waals surface area contributed by atoms with Gasteiger partial charge in [-0.15, -0.1) is 6.58 Å². The first-order valence-electron chi connectivity index (χ1n) is 4.27. The summed E-state index contributed by atoms with van der Waals surface area (Å²) in [5, 5.41) is 12.4. The van der Waals surface area contributed by atoms with Crippen LogP contribution >= 0.6 is 0 Å². The highest BCUT2D eigenvalue weighted by Crippen LogP contribution is 1.85. The second-order valence-corrected chi connectivity index (χ2v) is 3.04. The van der Waals surface area contributed by atoms with E-state index in [4.69, 9.17) is 4.74 Å². The summed E-state index contributed by atoms with van der Waals surface area (Å²) in [7, 11) is 0. The van der Waals surface area contributed by atoms with Gasteiger partial charge in [-0.2, -0.15) is 0 Å². The van der Waals surface area contributed by atoms with E-state index < -0.39 is 6.10 Å². The molecule has 0 saturated carbocycles. The van der Waals surface area contributed by atoms with Crippen molar-refractivity contribution < 1.29 is 9.84 Å². The molecular formula is C9H19NO2. The molecule has 1 unspecified atom stereocenters. The summed E-state index contributed by atoms with van der Waals surface area (Å²) in [6, 6.07) is 0.402. The zero-order valence-corrected chi connectivity index (χ0v) is 7.92. The van der Waals surface area contributed by atoms with E-state index in [1.807, 2.05) is 13.8 Å². The second-order valence-electron chi connectivity index (χ2n) is 3.04. The van der Waals surface area contributed by atoms with E-state index in [1.54, 1.807) is 6.08 Å². The third kappa shape index (κ3) is 7.72. The maximum Gasteiger partial charge on any atom is 0.0897 e. The summed E-state index contributed by atoms with van der Waals surface area (Å²) in [5.74, 6) is 0. The van der Waals surface area contributed by atoms with Gasteiger partial charge in [0.2, 0.25) is 0 Å². The van der Waals surface area contributed by atoms with Crippen LogP contribution in [0.4, 0.5) is 0 Å². The van der Waals surface area contributed by atoms with Crippen LogP contribution in [0.5, 0.6) is 0 Å². The Kier molecular flexibility index (Phi) is 7.05. The van der Waals surface area contributed by atoms with Crippen molar-refractivity contribution in [2.45, 2.75) is 26.0 Å². The first kappa shape index (κ1) is 11.6.